The van der Waals surface area contributed by atoms with Gasteiger partial charge in [0.05, 0.1) is 11.7 Å². The maximum Gasteiger partial charge on any atom is 0.310 e. The topological polar surface area (TPSA) is 77.9 Å². The van der Waals surface area contributed by atoms with Gasteiger partial charge in [-0.15, -0.1) is 0 Å². The van der Waals surface area contributed by atoms with E-state index in [1.165, 1.54) is 10.6 Å². The third-order valence-corrected chi connectivity index (χ3v) is 6.14. The molecule has 1 aliphatic heterocycles. The number of piperazine rings is 1. The monoisotopic (exact) mass is 318 g/mol. The van der Waals surface area contributed by atoms with E-state index in [-0.39, 0.29) is 0 Å². The Morgan fingerprint density at radius 2 is 1.57 bits per heavy atom. The molecule has 21 heavy (non-hydrogen) atoms. The van der Waals surface area contributed by atoms with E-state index in [1.54, 1.807) is 0 Å². The van der Waals surface area contributed by atoms with Crippen LogP contribution >= 0.6 is 0 Å². The van der Waals surface area contributed by atoms with E-state index < -0.39 is 21.4 Å². The SMILES string of the molecule is CS(=O)(=O)N1CCN(CC2(C(=O)O)CCCCCC2)CC1. The summed E-state index contributed by atoms with van der Waals surface area (Å²) in [6, 6.07) is 0. The molecular formula is C14H26N2O4S. The van der Waals surface area contributed by atoms with Crippen LogP contribution in [0.3, 0.4) is 0 Å². The van der Waals surface area contributed by atoms with E-state index in [1.807, 2.05) is 0 Å². The number of carboxylic acids is 1. The van der Waals surface area contributed by atoms with Crippen molar-refractivity contribution >= 4 is 16.0 Å². The lowest BCUT2D eigenvalue weighted by Gasteiger charge is -2.39. The number of aliphatic carboxylic acids is 1. The van der Waals surface area contributed by atoms with Crippen LogP contribution < -0.4 is 0 Å². The number of carboxylic acid groups (broad SMARTS) is 1. The summed E-state index contributed by atoms with van der Waals surface area (Å²) < 4.78 is 24.5. The molecule has 6 nitrogen and oxygen atoms in total. The first kappa shape index (κ1) is 16.7. The van der Waals surface area contributed by atoms with E-state index in [2.05, 4.69) is 4.90 Å². The van der Waals surface area contributed by atoms with Gasteiger partial charge in [0.15, 0.2) is 0 Å². The molecule has 1 saturated carbocycles. The van der Waals surface area contributed by atoms with Gasteiger partial charge in [-0.05, 0) is 12.8 Å². The van der Waals surface area contributed by atoms with E-state index in [0.717, 1.165) is 38.5 Å². The highest BCUT2D eigenvalue weighted by Crippen LogP contribution is 2.36. The summed E-state index contributed by atoms with van der Waals surface area (Å²) >= 11 is 0. The van der Waals surface area contributed by atoms with Gasteiger partial charge in [0.2, 0.25) is 10.0 Å². The molecular weight excluding hydrogens is 292 g/mol. The number of sulfonamides is 1. The van der Waals surface area contributed by atoms with Gasteiger partial charge in [-0.1, -0.05) is 25.7 Å². The average molecular weight is 318 g/mol. The molecule has 0 aromatic carbocycles. The molecule has 122 valence electrons. The third-order valence-electron chi connectivity index (χ3n) is 4.84. The fourth-order valence-electron chi connectivity index (χ4n) is 3.49. The largest absolute Gasteiger partial charge is 0.481 e. The number of hydrogen-bond donors (Lipinski definition) is 1. The summed E-state index contributed by atoms with van der Waals surface area (Å²) in [6.45, 7) is 2.74. The number of hydrogen-bond acceptors (Lipinski definition) is 4. The van der Waals surface area contributed by atoms with Gasteiger partial charge in [0.1, 0.15) is 0 Å². The van der Waals surface area contributed by atoms with Crippen molar-refractivity contribution in [1.29, 1.82) is 0 Å². The van der Waals surface area contributed by atoms with E-state index >= 15 is 0 Å². The summed E-state index contributed by atoms with van der Waals surface area (Å²) in [4.78, 5) is 13.9. The van der Waals surface area contributed by atoms with Crippen molar-refractivity contribution < 1.29 is 18.3 Å². The normalized spacial score (nSPS) is 25.4. The van der Waals surface area contributed by atoms with Crippen molar-refractivity contribution in [3.05, 3.63) is 0 Å². The lowest BCUT2D eigenvalue weighted by atomic mass is 9.79. The maximum atomic E-state index is 11.8. The second-order valence-electron chi connectivity index (χ2n) is 6.44. The minimum atomic E-state index is -3.13. The van der Waals surface area contributed by atoms with Gasteiger partial charge in [-0.25, -0.2) is 8.42 Å². The lowest BCUT2D eigenvalue weighted by molar-refractivity contribution is -0.151. The Hall–Kier alpha value is -0.660. The highest BCUT2D eigenvalue weighted by molar-refractivity contribution is 7.88. The second-order valence-corrected chi connectivity index (χ2v) is 8.42. The van der Waals surface area contributed by atoms with Crippen molar-refractivity contribution in [1.82, 2.24) is 9.21 Å². The molecule has 2 fully saturated rings. The first-order valence-corrected chi connectivity index (χ1v) is 9.59. The molecule has 0 spiro atoms. The maximum absolute atomic E-state index is 11.8. The van der Waals surface area contributed by atoms with Crippen molar-refractivity contribution in [3.8, 4) is 0 Å². The first-order valence-electron chi connectivity index (χ1n) is 7.74. The fraction of sp³-hybridized carbons (Fsp3) is 0.929. The van der Waals surface area contributed by atoms with Crippen molar-refractivity contribution in [2.75, 3.05) is 39.0 Å². The molecule has 1 N–H and O–H groups in total. The zero-order valence-electron chi connectivity index (χ0n) is 12.8. The number of nitrogens with zero attached hydrogens (tertiary/aromatic N) is 2. The molecule has 0 unspecified atom stereocenters. The average Bonchev–Trinajstić information content (AvgIpc) is 2.65. The minimum Gasteiger partial charge on any atom is -0.481 e. The smallest absolute Gasteiger partial charge is 0.310 e. The van der Waals surface area contributed by atoms with Gasteiger partial charge < -0.3 is 5.11 Å². The Bertz CT molecular complexity index is 461. The van der Waals surface area contributed by atoms with E-state index in [4.69, 9.17) is 0 Å². The van der Waals surface area contributed by atoms with Crippen LogP contribution in [0.25, 0.3) is 0 Å². The van der Waals surface area contributed by atoms with Crippen LogP contribution in [0.5, 0.6) is 0 Å². The quantitative estimate of drug-likeness (QED) is 0.782. The third kappa shape index (κ3) is 4.17. The zero-order chi connectivity index (χ0) is 15.5. The van der Waals surface area contributed by atoms with Gasteiger partial charge in [-0.2, -0.15) is 4.31 Å². The molecule has 0 aromatic heterocycles. The highest BCUT2D eigenvalue weighted by Gasteiger charge is 2.40. The van der Waals surface area contributed by atoms with E-state index in [0.29, 0.717) is 32.7 Å². The van der Waals surface area contributed by atoms with Crippen LogP contribution in [0.1, 0.15) is 38.5 Å². The summed E-state index contributed by atoms with van der Waals surface area (Å²) in [5, 5.41) is 9.69. The fourth-order valence-corrected chi connectivity index (χ4v) is 4.32. The molecule has 0 bridgehead atoms. The summed E-state index contributed by atoms with van der Waals surface area (Å²) in [6.07, 6.45) is 6.93. The Morgan fingerprint density at radius 1 is 1.05 bits per heavy atom. The second kappa shape index (κ2) is 6.62. The van der Waals surface area contributed by atoms with Crippen molar-refractivity contribution in [2.45, 2.75) is 38.5 Å². The summed E-state index contributed by atoms with van der Waals surface area (Å²) in [7, 11) is -3.13. The number of carbonyl (C=O) groups is 1. The Balaban J connectivity index is 1.98. The Labute approximate surface area is 127 Å². The standard InChI is InChI=1S/C14H26N2O4S/c1-21(19,20)16-10-8-15(9-11-16)12-14(13(17)18)6-4-2-3-5-7-14/h2-12H2,1H3,(H,17,18). The predicted octanol–water partition coefficient (Wildman–Crippen LogP) is 0.989. The Morgan fingerprint density at radius 3 is 2.00 bits per heavy atom. The lowest BCUT2D eigenvalue weighted by Crippen LogP contribution is -2.52. The van der Waals surface area contributed by atoms with Crippen molar-refractivity contribution in [3.63, 3.8) is 0 Å². The molecule has 1 saturated heterocycles. The van der Waals surface area contributed by atoms with Crippen LogP contribution in [-0.2, 0) is 14.8 Å². The van der Waals surface area contributed by atoms with Gasteiger partial charge in [0, 0.05) is 32.7 Å². The molecule has 2 aliphatic rings. The summed E-state index contributed by atoms with van der Waals surface area (Å²) in [5.41, 5.74) is -0.635. The molecule has 0 aromatic rings. The minimum absolute atomic E-state index is 0.467. The van der Waals surface area contributed by atoms with Crippen LogP contribution in [0.15, 0.2) is 0 Å². The molecule has 1 heterocycles. The molecule has 0 atom stereocenters. The van der Waals surface area contributed by atoms with Crippen LogP contribution in [0.2, 0.25) is 0 Å². The molecule has 1 aliphatic carbocycles. The molecule has 0 amide bonds. The number of rotatable bonds is 4. The van der Waals surface area contributed by atoms with E-state index in [9.17, 15) is 18.3 Å². The summed E-state index contributed by atoms with van der Waals surface area (Å²) in [5.74, 6) is -0.685. The highest BCUT2D eigenvalue weighted by atomic mass is 32.2. The van der Waals surface area contributed by atoms with Gasteiger partial charge in [-0.3, -0.25) is 9.69 Å². The molecule has 2 rings (SSSR count). The van der Waals surface area contributed by atoms with Crippen LogP contribution in [0, 0.1) is 5.41 Å². The first-order chi connectivity index (χ1) is 9.83. The van der Waals surface area contributed by atoms with Crippen molar-refractivity contribution in [2.24, 2.45) is 5.41 Å². The van der Waals surface area contributed by atoms with Gasteiger partial charge in [0.25, 0.3) is 0 Å². The van der Waals surface area contributed by atoms with Crippen LogP contribution in [0.4, 0.5) is 0 Å². The van der Waals surface area contributed by atoms with Crippen LogP contribution in [-0.4, -0.2) is 67.7 Å². The van der Waals surface area contributed by atoms with Gasteiger partial charge >= 0.3 is 5.97 Å². The molecule has 0 radical (unpaired) electrons. The Kier molecular flexibility index (Phi) is 5.27. The zero-order valence-corrected chi connectivity index (χ0v) is 13.6. The predicted molar refractivity (Wildman–Crippen MR) is 80.6 cm³/mol. The molecule has 7 heteroatoms.